The predicted molar refractivity (Wildman–Crippen MR) is 91.3 cm³/mol. The molecule has 1 aliphatic rings. The number of ether oxygens (including phenoxy) is 1. The first kappa shape index (κ1) is 16.6. The molecule has 0 aliphatic carbocycles. The Labute approximate surface area is 152 Å². The number of nitrogens with zero attached hydrogens (tertiary/aromatic N) is 6. The first-order chi connectivity index (χ1) is 12.6. The highest BCUT2D eigenvalue weighted by Gasteiger charge is 2.32. The van der Waals surface area contributed by atoms with Gasteiger partial charge in [-0.15, -0.1) is 14.6 Å². The number of aromatic nitrogens is 5. The summed E-state index contributed by atoms with van der Waals surface area (Å²) in [4.78, 5) is 18.7. The molecule has 1 aromatic carbocycles. The van der Waals surface area contributed by atoms with Gasteiger partial charge in [0.05, 0.1) is 13.2 Å². The van der Waals surface area contributed by atoms with Gasteiger partial charge in [0.1, 0.15) is 5.82 Å². The molecule has 134 valence electrons. The van der Waals surface area contributed by atoms with Crippen molar-refractivity contribution in [1.82, 2.24) is 29.0 Å². The lowest BCUT2D eigenvalue weighted by atomic mass is 10.1. The van der Waals surface area contributed by atoms with Crippen LogP contribution >= 0.6 is 11.5 Å². The minimum atomic E-state index is -0.370. The molecule has 0 saturated heterocycles. The van der Waals surface area contributed by atoms with Crippen molar-refractivity contribution >= 4 is 17.4 Å². The summed E-state index contributed by atoms with van der Waals surface area (Å²) in [5, 5.41) is 9.09. The van der Waals surface area contributed by atoms with Crippen LogP contribution in [0.25, 0.3) is 10.8 Å². The smallest absolute Gasteiger partial charge is 0.328 e. The fourth-order valence-corrected chi connectivity index (χ4v) is 3.59. The van der Waals surface area contributed by atoms with E-state index in [4.69, 9.17) is 4.74 Å². The van der Waals surface area contributed by atoms with Gasteiger partial charge >= 0.3 is 6.01 Å². The normalized spacial score (nSPS) is 16.4. The molecule has 3 heterocycles. The Kier molecular flexibility index (Phi) is 4.11. The van der Waals surface area contributed by atoms with Gasteiger partial charge in [0.25, 0.3) is 5.91 Å². The number of carbonyl (C=O) groups excluding carboxylic acids is 1. The summed E-state index contributed by atoms with van der Waals surface area (Å²) in [5.74, 6) is 0.758. The average Bonchev–Trinajstić information content (AvgIpc) is 3.29. The van der Waals surface area contributed by atoms with Crippen LogP contribution in [0.5, 0.6) is 6.01 Å². The number of carbonyl (C=O) groups is 1. The Bertz CT molecular complexity index is 954. The predicted octanol–water partition coefficient (Wildman–Crippen LogP) is 2.16. The SMILES string of the molecule is COc1nsc(-c2nnc3n2CCN(C(=O)c2ccc(F)cc2)[C@@H]3C)n1. The van der Waals surface area contributed by atoms with Crippen LogP contribution < -0.4 is 4.74 Å². The van der Waals surface area contributed by atoms with Crippen LogP contribution in [-0.2, 0) is 6.54 Å². The van der Waals surface area contributed by atoms with Crippen molar-refractivity contribution in [2.24, 2.45) is 0 Å². The molecule has 0 bridgehead atoms. The van der Waals surface area contributed by atoms with Gasteiger partial charge in [0.15, 0.2) is 16.7 Å². The van der Waals surface area contributed by atoms with Crippen molar-refractivity contribution < 1.29 is 13.9 Å². The van der Waals surface area contributed by atoms with Gasteiger partial charge in [0, 0.05) is 18.7 Å². The molecular formula is C16H15FN6O2S. The number of halogens is 1. The second-order valence-electron chi connectivity index (χ2n) is 5.80. The molecule has 8 nitrogen and oxygen atoms in total. The summed E-state index contributed by atoms with van der Waals surface area (Å²) in [7, 11) is 1.51. The van der Waals surface area contributed by atoms with Crippen molar-refractivity contribution in [2.45, 2.75) is 19.5 Å². The van der Waals surface area contributed by atoms with Gasteiger partial charge in [-0.05, 0) is 42.7 Å². The molecule has 26 heavy (non-hydrogen) atoms. The van der Waals surface area contributed by atoms with E-state index >= 15 is 0 Å². The van der Waals surface area contributed by atoms with Crippen LogP contribution in [0.2, 0.25) is 0 Å². The quantitative estimate of drug-likeness (QED) is 0.698. The summed E-state index contributed by atoms with van der Waals surface area (Å²) < 4.78 is 24.1. The highest BCUT2D eigenvalue weighted by Crippen LogP contribution is 2.30. The standard InChI is InChI=1S/C16H15FN6O2S/c1-9-12-19-20-13(14-18-16(25-2)21-26-14)23(12)8-7-22(9)15(24)10-3-5-11(17)6-4-10/h3-6,9H,7-8H2,1-2H3/t9-/m1/s1. The lowest BCUT2D eigenvalue weighted by molar-refractivity contribution is 0.0638. The van der Waals surface area contributed by atoms with E-state index in [1.54, 1.807) is 4.90 Å². The van der Waals surface area contributed by atoms with Crippen LogP contribution in [0.1, 0.15) is 29.1 Å². The molecule has 0 saturated carbocycles. The van der Waals surface area contributed by atoms with Gasteiger partial charge in [-0.25, -0.2) is 4.39 Å². The Hall–Kier alpha value is -2.88. The second kappa shape index (κ2) is 6.45. The first-order valence-corrected chi connectivity index (χ1v) is 8.73. The summed E-state index contributed by atoms with van der Waals surface area (Å²) >= 11 is 1.19. The highest BCUT2D eigenvalue weighted by atomic mass is 32.1. The summed E-state index contributed by atoms with van der Waals surface area (Å²) in [5.41, 5.74) is 0.445. The summed E-state index contributed by atoms with van der Waals surface area (Å²) in [6.45, 7) is 2.92. The van der Waals surface area contributed by atoms with Crippen molar-refractivity contribution in [3.05, 3.63) is 41.5 Å². The highest BCUT2D eigenvalue weighted by molar-refractivity contribution is 7.09. The molecule has 2 aromatic heterocycles. The number of methoxy groups -OCH3 is 1. The zero-order valence-corrected chi connectivity index (χ0v) is 14.9. The van der Waals surface area contributed by atoms with Crippen molar-refractivity contribution in [3.63, 3.8) is 0 Å². The molecule has 0 fully saturated rings. The van der Waals surface area contributed by atoms with Gasteiger partial charge < -0.3 is 14.2 Å². The van der Waals surface area contributed by atoms with Crippen molar-refractivity contribution in [1.29, 1.82) is 0 Å². The van der Waals surface area contributed by atoms with E-state index in [0.29, 0.717) is 41.3 Å². The lowest BCUT2D eigenvalue weighted by Crippen LogP contribution is -2.41. The maximum absolute atomic E-state index is 13.1. The fourth-order valence-electron chi connectivity index (χ4n) is 2.96. The largest absolute Gasteiger partial charge is 0.466 e. The van der Waals surface area contributed by atoms with E-state index in [9.17, 15) is 9.18 Å². The fraction of sp³-hybridized carbons (Fsp3) is 0.312. The summed E-state index contributed by atoms with van der Waals surface area (Å²) in [6, 6.07) is 5.57. The number of amides is 1. The van der Waals surface area contributed by atoms with E-state index in [-0.39, 0.29) is 17.8 Å². The Balaban J connectivity index is 1.62. The number of hydrogen-bond acceptors (Lipinski definition) is 7. The van der Waals surface area contributed by atoms with Crippen LogP contribution in [-0.4, -0.2) is 48.6 Å². The zero-order valence-electron chi connectivity index (χ0n) is 14.1. The van der Waals surface area contributed by atoms with E-state index in [0.717, 1.165) is 0 Å². The molecule has 1 amide bonds. The topological polar surface area (TPSA) is 86.0 Å². The number of hydrogen-bond donors (Lipinski definition) is 0. The first-order valence-electron chi connectivity index (χ1n) is 7.96. The minimum absolute atomic E-state index is 0.161. The molecule has 0 radical (unpaired) electrons. The third-order valence-corrected chi connectivity index (χ3v) is 5.01. The number of benzene rings is 1. The van der Waals surface area contributed by atoms with Crippen LogP contribution in [0.3, 0.4) is 0 Å². The van der Waals surface area contributed by atoms with Gasteiger partial charge in [-0.2, -0.15) is 4.98 Å². The van der Waals surface area contributed by atoms with E-state index in [2.05, 4.69) is 19.6 Å². The molecule has 0 spiro atoms. The van der Waals surface area contributed by atoms with Crippen LogP contribution in [0, 0.1) is 5.82 Å². The Morgan fingerprint density at radius 2 is 2.04 bits per heavy atom. The maximum Gasteiger partial charge on any atom is 0.328 e. The third kappa shape index (κ3) is 2.71. The molecule has 0 N–H and O–H groups in total. The van der Waals surface area contributed by atoms with Gasteiger partial charge in [-0.1, -0.05) is 0 Å². The molecule has 1 atom stereocenters. The van der Waals surface area contributed by atoms with Crippen LogP contribution in [0.15, 0.2) is 24.3 Å². The van der Waals surface area contributed by atoms with Crippen LogP contribution in [0.4, 0.5) is 4.39 Å². The molecular weight excluding hydrogens is 359 g/mol. The number of rotatable bonds is 3. The summed E-state index contributed by atoms with van der Waals surface area (Å²) in [6.07, 6.45) is 0. The molecule has 1 aliphatic heterocycles. The van der Waals surface area contributed by atoms with E-state index < -0.39 is 0 Å². The molecule has 0 unspecified atom stereocenters. The van der Waals surface area contributed by atoms with E-state index in [1.807, 2.05) is 11.5 Å². The van der Waals surface area contributed by atoms with Gasteiger partial charge in [-0.3, -0.25) is 4.79 Å². The Morgan fingerprint density at radius 1 is 1.27 bits per heavy atom. The van der Waals surface area contributed by atoms with E-state index in [1.165, 1.54) is 42.9 Å². The monoisotopic (exact) mass is 374 g/mol. The average molecular weight is 374 g/mol. The lowest BCUT2D eigenvalue weighted by Gasteiger charge is -2.33. The molecule has 4 rings (SSSR count). The maximum atomic E-state index is 13.1. The van der Waals surface area contributed by atoms with Crippen molar-refractivity contribution in [3.8, 4) is 16.8 Å². The van der Waals surface area contributed by atoms with Crippen molar-refractivity contribution in [2.75, 3.05) is 13.7 Å². The molecule has 3 aromatic rings. The van der Waals surface area contributed by atoms with Gasteiger partial charge in [0.2, 0.25) is 0 Å². The zero-order chi connectivity index (χ0) is 18.3. The minimum Gasteiger partial charge on any atom is -0.466 e. The molecule has 10 heteroatoms. The Morgan fingerprint density at radius 3 is 2.73 bits per heavy atom. The second-order valence-corrected chi connectivity index (χ2v) is 6.55. The third-order valence-electron chi connectivity index (χ3n) is 4.32. The number of fused-ring (bicyclic) bond motifs is 1.